The highest BCUT2D eigenvalue weighted by Gasteiger charge is 2.76. The fraction of sp³-hybridized carbons (Fsp3) is 0.676. The molecule has 6 atom stereocenters. The topological polar surface area (TPSA) is 162 Å². The Morgan fingerprint density at radius 2 is 1.72 bits per heavy atom. The summed E-state index contributed by atoms with van der Waals surface area (Å²) in [5, 5.41) is 15.8. The SMILES string of the molecule is CCCCCC1(CCCCC)O[C@@H]2[C@H](O1)[C@H]1ON(Cc3ccccc3C=CC(=O)OCC(F)(F)F)[C@H]3C(=O)O[C@@H]2C[C@@]13C(=O)NCCC(=O)NCCO. The van der Waals surface area contributed by atoms with Crippen LogP contribution in [0.2, 0.25) is 0 Å². The zero-order valence-corrected chi connectivity index (χ0v) is 30.2. The lowest BCUT2D eigenvalue weighted by atomic mass is 9.62. The van der Waals surface area contributed by atoms with Gasteiger partial charge in [0, 0.05) is 44.8 Å². The molecule has 13 nitrogen and oxygen atoms in total. The summed E-state index contributed by atoms with van der Waals surface area (Å²) in [7, 11) is 0. The standard InChI is InChI=1S/C37H50F3N3O10/c1-3-5-9-16-35(17-10-6-4-2)51-29-26-21-36(34(48)42-18-15-27(45)41-19-20-44)31(33(47)50-26)43(53-32(36)30(29)52-35)22-25-12-8-7-11-24(25)13-14-28(46)49-23-37(38,39)40/h7-8,11-14,26,29-32,44H,3-6,9-10,15-23H2,1-2H3,(H,41,45)(H,42,48)/t26-,29+,30+,31+,32-,36+/m1/s1. The third kappa shape index (κ3) is 9.39. The van der Waals surface area contributed by atoms with Gasteiger partial charge in [0.2, 0.25) is 11.8 Å². The molecule has 1 aliphatic carbocycles. The van der Waals surface area contributed by atoms with Gasteiger partial charge in [-0.05, 0) is 30.0 Å². The minimum Gasteiger partial charge on any atom is -0.458 e. The number of amides is 2. The Hall–Kier alpha value is -3.57. The number of alkyl halides is 3. The number of hydrogen-bond acceptors (Lipinski definition) is 11. The van der Waals surface area contributed by atoms with E-state index in [0.717, 1.165) is 44.6 Å². The maximum absolute atomic E-state index is 14.4. The van der Waals surface area contributed by atoms with Crippen molar-refractivity contribution < 1.29 is 61.2 Å². The van der Waals surface area contributed by atoms with Crippen LogP contribution in [0.1, 0.15) is 89.2 Å². The number of hydrogen-bond donors (Lipinski definition) is 3. The van der Waals surface area contributed by atoms with Gasteiger partial charge in [-0.2, -0.15) is 18.2 Å². The minimum atomic E-state index is -4.68. The van der Waals surface area contributed by atoms with Crippen molar-refractivity contribution in [2.75, 3.05) is 26.3 Å². The van der Waals surface area contributed by atoms with E-state index in [0.29, 0.717) is 24.0 Å². The average molecular weight is 754 g/mol. The van der Waals surface area contributed by atoms with Crippen molar-refractivity contribution >= 4 is 29.8 Å². The van der Waals surface area contributed by atoms with Gasteiger partial charge in [0.05, 0.1) is 13.2 Å². The quantitative estimate of drug-likeness (QED) is 0.107. The highest BCUT2D eigenvalue weighted by molar-refractivity contribution is 5.94. The second-order valence-electron chi connectivity index (χ2n) is 14.0. The largest absolute Gasteiger partial charge is 0.458 e. The zero-order chi connectivity index (χ0) is 38.2. The number of hydroxylamine groups is 2. The zero-order valence-electron chi connectivity index (χ0n) is 30.2. The molecule has 16 heteroatoms. The molecule has 3 aliphatic heterocycles. The summed E-state index contributed by atoms with van der Waals surface area (Å²) in [5.41, 5.74) is -0.527. The number of halogens is 3. The van der Waals surface area contributed by atoms with Crippen LogP contribution in [-0.4, -0.2) is 103 Å². The maximum atomic E-state index is 14.4. The lowest BCUT2D eigenvalue weighted by Crippen LogP contribution is -2.69. The lowest BCUT2D eigenvalue weighted by molar-refractivity contribution is -0.224. The van der Waals surface area contributed by atoms with Crippen molar-refractivity contribution in [3.05, 3.63) is 41.5 Å². The molecule has 1 aromatic carbocycles. The van der Waals surface area contributed by atoms with E-state index in [-0.39, 0.29) is 45.0 Å². The van der Waals surface area contributed by atoms with Crippen molar-refractivity contribution in [2.45, 2.75) is 127 Å². The monoisotopic (exact) mass is 753 g/mol. The van der Waals surface area contributed by atoms with Crippen molar-refractivity contribution in [2.24, 2.45) is 5.41 Å². The predicted molar refractivity (Wildman–Crippen MR) is 182 cm³/mol. The first-order valence-corrected chi connectivity index (χ1v) is 18.5. The fourth-order valence-corrected chi connectivity index (χ4v) is 7.80. The number of carbonyl (C=O) groups is 4. The number of esters is 2. The van der Waals surface area contributed by atoms with Crippen molar-refractivity contribution in [1.29, 1.82) is 0 Å². The molecule has 3 heterocycles. The highest BCUT2D eigenvalue weighted by atomic mass is 19.4. The Kier molecular flexibility index (Phi) is 13.6. The Morgan fingerprint density at radius 3 is 2.40 bits per heavy atom. The van der Waals surface area contributed by atoms with Crippen LogP contribution in [-0.2, 0) is 49.5 Å². The van der Waals surface area contributed by atoms with E-state index in [1.165, 1.54) is 11.1 Å². The maximum Gasteiger partial charge on any atom is 0.422 e. The molecule has 0 spiro atoms. The first-order valence-electron chi connectivity index (χ1n) is 18.5. The van der Waals surface area contributed by atoms with Crippen LogP contribution in [0.5, 0.6) is 0 Å². The molecule has 2 amide bonds. The lowest BCUT2D eigenvalue weighted by Gasteiger charge is -2.48. The van der Waals surface area contributed by atoms with Gasteiger partial charge in [0.1, 0.15) is 29.8 Å². The van der Waals surface area contributed by atoms with Crippen LogP contribution < -0.4 is 10.6 Å². The molecule has 0 radical (unpaired) electrons. The van der Waals surface area contributed by atoms with Gasteiger partial charge >= 0.3 is 18.1 Å². The summed E-state index contributed by atoms with van der Waals surface area (Å²) in [4.78, 5) is 59.4. The summed E-state index contributed by atoms with van der Waals surface area (Å²) < 4.78 is 61.7. The normalized spacial score (nSPS) is 27.4. The summed E-state index contributed by atoms with van der Waals surface area (Å²) in [6.45, 7) is 2.21. The number of rotatable bonds is 19. The number of nitrogens with zero attached hydrogens (tertiary/aromatic N) is 1. The van der Waals surface area contributed by atoms with Crippen LogP contribution in [0.3, 0.4) is 0 Å². The first-order chi connectivity index (χ1) is 25.4. The van der Waals surface area contributed by atoms with Gasteiger partial charge in [0.15, 0.2) is 18.4 Å². The molecule has 0 aromatic heterocycles. The van der Waals surface area contributed by atoms with E-state index in [1.54, 1.807) is 24.3 Å². The second-order valence-corrected chi connectivity index (χ2v) is 14.0. The molecule has 4 aliphatic rings. The molecule has 294 valence electrons. The number of aliphatic hydroxyl groups is 1. The summed E-state index contributed by atoms with van der Waals surface area (Å²) in [6.07, 6.45) is 1.12. The molecule has 53 heavy (non-hydrogen) atoms. The van der Waals surface area contributed by atoms with Gasteiger partial charge in [-0.15, -0.1) is 0 Å². The van der Waals surface area contributed by atoms with Crippen molar-refractivity contribution in [3.8, 4) is 0 Å². The van der Waals surface area contributed by atoms with Crippen LogP contribution in [0, 0.1) is 5.41 Å². The Labute approximate surface area is 306 Å². The van der Waals surface area contributed by atoms with Crippen molar-refractivity contribution in [1.82, 2.24) is 15.7 Å². The molecular formula is C37H50F3N3O10. The van der Waals surface area contributed by atoms with Crippen molar-refractivity contribution in [3.63, 3.8) is 0 Å². The van der Waals surface area contributed by atoms with Gasteiger partial charge in [0.25, 0.3) is 0 Å². The Morgan fingerprint density at radius 1 is 1.02 bits per heavy atom. The van der Waals surface area contributed by atoms with Gasteiger partial charge in [-0.1, -0.05) is 63.8 Å². The number of unbranched alkanes of at least 4 members (excludes halogenated alkanes) is 4. The van der Waals surface area contributed by atoms with Gasteiger partial charge in [-0.3, -0.25) is 19.2 Å². The molecule has 4 fully saturated rings. The number of fused-ring (bicyclic) bond motifs is 4. The van der Waals surface area contributed by atoms with E-state index in [1.807, 2.05) is 0 Å². The summed E-state index contributed by atoms with van der Waals surface area (Å²) >= 11 is 0. The van der Waals surface area contributed by atoms with Crippen LogP contribution in [0.4, 0.5) is 13.2 Å². The molecule has 3 saturated heterocycles. The number of aliphatic hydroxyl groups excluding tert-OH is 1. The number of benzene rings is 1. The molecule has 3 N–H and O–H groups in total. The first kappa shape index (κ1) is 40.6. The van der Waals surface area contributed by atoms with E-state index in [9.17, 15) is 32.3 Å². The van der Waals surface area contributed by atoms with E-state index >= 15 is 0 Å². The number of nitrogens with one attached hydrogen (secondary N) is 2. The van der Waals surface area contributed by atoms with Gasteiger partial charge in [-0.25, -0.2) is 4.79 Å². The van der Waals surface area contributed by atoms with E-state index in [4.69, 9.17) is 24.2 Å². The highest BCUT2D eigenvalue weighted by Crippen LogP contribution is 2.58. The Balaban J connectivity index is 1.45. The molecule has 0 unspecified atom stereocenters. The minimum absolute atomic E-state index is 0.0432. The number of carbonyl (C=O) groups excluding carboxylic acids is 4. The third-order valence-corrected chi connectivity index (χ3v) is 10.2. The van der Waals surface area contributed by atoms with Crippen LogP contribution >= 0.6 is 0 Å². The third-order valence-electron chi connectivity index (χ3n) is 10.2. The molecule has 1 saturated carbocycles. The fourth-order valence-electron chi connectivity index (χ4n) is 7.80. The molecule has 2 bridgehead atoms. The van der Waals surface area contributed by atoms with E-state index in [2.05, 4.69) is 29.2 Å². The molecule has 1 aromatic rings. The van der Waals surface area contributed by atoms with Gasteiger partial charge < -0.3 is 34.7 Å². The summed E-state index contributed by atoms with van der Waals surface area (Å²) in [6, 6.07) is 5.48. The number of ether oxygens (including phenoxy) is 4. The van der Waals surface area contributed by atoms with E-state index < -0.39 is 72.3 Å². The summed E-state index contributed by atoms with van der Waals surface area (Å²) in [5.74, 6) is -3.72. The molecular weight excluding hydrogens is 703 g/mol. The Bertz CT molecular complexity index is 1480. The predicted octanol–water partition coefficient (Wildman–Crippen LogP) is 3.86. The average Bonchev–Trinajstić information content (AvgIpc) is 3.67. The van der Waals surface area contributed by atoms with Crippen LogP contribution in [0.25, 0.3) is 6.08 Å². The van der Waals surface area contributed by atoms with Crippen LogP contribution in [0.15, 0.2) is 30.3 Å². The smallest absolute Gasteiger partial charge is 0.422 e. The second kappa shape index (κ2) is 17.7. The molecule has 5 rings (SSSR count).